The number of hydrogen-bond acceptors (Lipinski definition) is 5. The summed E-state index contributed by atoms with van der Waals surface area (Å²) < 4.78 is 10.5. The van der Waals surface area contributed by atoms with Crippen LogP contribution >= 0.6 is 11.6 Å². The van der Waals surface area contributed by atoms with E-state index >= 15 is 0 Å². The quantitative estimate of drug-likeness (QED) is 0.429. The summed E-state index contributed by atoms with van der Waals surface area (Å²) in [7, 11) is 3.10. The van der Waals surface area contributed by atoms with Gasteiger partial charge in [-0.05, 0) is 36.4 Å². The van der Waals surface area contributed by atoms with Crippen LogP contribution in [0.1, 0.15) is 15.9 Å². The van der Waals surface area contributed by atoms with Gasteiger partial charge in [-0.1, -0.05) is 17.7 Å². The number of H-pyrrole nitrogens is 1. The molecule has 6 nitrogen and oxygen atoms in total. The van der Waals surface area contributed by atoms with Crippen molar-refractivity contribution in [3.05, 3.63) is 77.1 Å². The first-order chi connectivity index (χ1) is 14.1. The van der Waals surface area contributed by atoms with E-state index < -0.39 is 0 Å². The third-order valence-corrected chi connectivity index (χ3v) is 4.74. The number of pyridine rings is 1. The fraction of sp³-hybridized carbons (Fsp3) is 0.0909. The summed E-state index contributed by atoms with van der Waals surface area (Å²) in [5.41, 5.74) is 3.18. The van der Waals surface area contributed by atoms with Crippen LogP contribution in [0.25, 0.3) is 11.0 Å². The fourth-order valence-corrected chi connectivity index (χ4v) is 3.28. The zero-order valence-corrected chi connectivity index (χ0v) is 16.6. The number of ketones is 1. The number of aromatic nitrogens is 2. The zero-order valence-electron chi connectivity index (χ0n) is 15.8. The molecule has 4 rings (SSSR count). The minimum atomic E-state index is -0.157. The monoisotopic (exact) mass is 407 g/mol. The normalized spacial score (nSPS) is 10.7. The molecule has 0 aliphatic rings. The van der Waals surface area contributed by atoms with Gasteiger partial charge in [-0.15, -0.1) is 0 Å². The predicted molar refractivity (Wildman–Crippen MR) is 114 cm³/mol. The van der Waals surface area contributed by atoms with Crippen LogP contribution in [0.3, 0.4) is 0 Å². The number of hydrogen-bond donors (Lipinski definition) is 2. The second kappa shape index (κ2) is 7.85. The number of ether oxygens (including phenoxy) is 2. The number of halogens is 1. The third-order valence-electron chi connectivity index (χ3n) is 4.50. The number of nitrogens with one attached hydrogen (secondary N) is 2. The van der Waals surface area contributed by atoms with Gasteiger partial charge in [-0.3, -0.25) is 4.79 Å². The van der Waals surface area contributed by atoms with E-state index in [2.05, 4.69) is 15.3 Å². The van der Waals surface area contributed by atoms with Crippen LogP contribution in [0.5, 0.6) is 11.5 Å². The number of benzene rings is 2. The average Bonchev–Trinajstić information content (AvgIpc) is 3.16. The van der Waals surface area contributed by atoms with Gasteiger partial charge in [0.2, 0.25) is 0 Å². The Morgan fingerprint density at radius 2 is 1.79 bits per heavy atom. The summed E-state index contributed by atoms with van der Waals surface area (Å²) >= 11 is 6.05. The molecule has 0 unspecified atom stereocenters. The highest BCUT2D eigenvalue weighted by atomic mass is 35.5. The molecule has 0 saturated carbocycles. The lowest BCUT2D eigenvalue weighted by molar-refractivity contribution is 0.103. The van der Waals surface area contributed by atoms with Crippen LogP contribution in [0, 0.1) is 0 Å². The Kier molecular flexibility index (Phi) is 5.10. The second-order valence-electron chi connectivity index (χ2n) is 6.39. The molecule has 2 aromatic carbocycles. The van der Waals surface area contributed by atoms with Gasteiger partial charge in [0.15, 0.2) is 5.78 Å². The van der Waals surface area contributed by atoms with Crippen molar-refractivity contribution in [3.8, 4) is 11.5 Å². The van der Waals surface area contributed by atoms with Crippen LogP contribution in [0.4, 0.5) is 11.4 Å². The van der Waals surface area contributed by atoms with Crippen LogP contribution in [-0.2, 0) is 0 Å². The lowest BCUT2D eigenvalue weighted by atomic mass is 10.0. The summed E-state index contributed by atoms with van der Waals surface area (Å²) in [5.74, 6) is 0.943. The van der Waals surface area contributed by atoms with Crippen molar-refractivity contribution < 1.29 is 14.3 Å². The molecular weight excluding hydrogens is 390 g/mol. The van der Waals surface area contributed by atoms with Gasteiger partial charge in [-0.25, -0.2) is 4.98 Å². The van der Waals surface area contributed by atoms with E-state index in [1.54, 1.807) is 50.9 Å². The number of anilines is 2. The number of fused-ring (bicyclic) bond motifs is 1. The van der Waals surface area contributed by atoms with Gasteiger partial charge in [-0.2, -0.15) is 0 Å². The van der Waals surface area contributed by atoms with Gasteiger partial charge >= 0.3 is 0 Å². The van der Waals surface area contributed by atoms with Crippen molar-refractivity contribution in [1.29, 1.82) is 0 Å². The van der Waals surface area contributed by atoms with E-state index in [4.69, 9.17) is 21.1 Å². The molecule has 0 saturated heterocycles. The standard InChI is InChI=1S/C22H18ClN3O3/c1-28-17-6-13(7-18(10-17)29-2)21(27)20-12-25-22-19(20)9-16(11-24-22)26-15-5-3-4-14(23)8-15/h3-12,26H,1-2H3,(H,24,25). The summed E-state index contributed by atoms with van der Waals surface area (Å²) in [5, 5.41) is 4.60. The maximum atomic E-state index is 13.2. The molecule has 2 N–H and O–H groups in total. The Balaban J connectivity index is 1.72. The lowest BCUT2D eigenvalue weighted by Gasteiger charge is -2.08. The molecule has 0 amide bonds. The van der Waals surface area contributed by atoms with Crippen LogP contribution in [0.2, 0.25) is 5.02 Å². The van der Waals surface area contributed by atoms with Crippen molar-refractivity contribution in [1.82, 2.24) is 9.97 Å². The van der Waals surface area contributed by atoms with E-state index in [-0.39, 0.29) is 5.78 Å². The highest BCUT2D eigenvalue weighted by molar-refractivity contribution is 6.30. The first-order valence-corrected chi connectivity index (χ1v) is 9.22. The smallest absolute Gasteiger partial charge is 0.195 e. The van der Waals surface area contributed by atoms with E-state index in [1.807, 2.05) is 24.3 Å². The number of aromatic amines is 1. The fourth-order valence-electron chi connectivity index (χ4n) is 3.09. The molecular formula is C22H18ClN3O3. The van der Waals surface area contributed by atoms with Crippen molar-refractivity contribution >= 4 is 39.8 Å². The highest BCUT2D eigenvalue weighted by Gasteiger charge is 2.17. The van der Waals surface area contributed by atoms with Gasteiger partial charge in [0.1, 0.15) is 17.1 Å². The van der Waals surface area contributed by atoms with Crippen molar-refractivity contribution in [2.75, 3.05) is 19.5 Å². The molecule has 0 spiro atoms. The van der Waals surface area contributed by atoms with Gasteiger partial charge in [0.05, 0.1) is 26.1 Å². The molecule has 0 aliphatic heterocycles. The molecule has 29 heavy (non-hydrogen) atoms. The largest absolute Gasteiger partial charge is 0.497 e. The molecule has 0 bridgehead atoms. The van der Waals surface area contributed by atoms with Gasteiger partial charge < -0.3 is 19.8 Å². The van der Waals surface area contributed by atoms with E-state index in [0.29, 0.717) is 38.7 Å². The van der Waals surface area contributed by atoms with E-state index in [0.717, 1.165) is 11.4 Å². The highest BCUT2D eigenvalue weighted by Crippen LogP contribution is 2.28. The Hall–Kier alpha value is -3.51. The summed E-state index contributed by atoms with van der Waals surface area (Å²) in [6.07, 6.45) is 3.36. The molecule has 0 atom stereocenters. The predicted octanol–water partition coefficient (Wildman–Crippen LogP) is 5.21. The lowest BCUT2D eigenvalue weighted by Crippen LogP contribution is -2.02. The van der Waals surface area contributed by atoms with Crippen molar-refractivity contribution in [2.45, 2.75) is 0 Å². The van der Waals surface area contributed by atoms with Gasteiger partial charge in [0, 0.05) is 39.5 Å². The second-order valence-corrected chi connectivity index (χ2v) is 6.82. The van der Waals surface area contributed by atoms with E-state index in [1.165, 1.54) is 0 Å². The number of methoxy groups -OCH3 is 2. The molecule has 4 aromatic rings. The molecule has 0 aliphatic carbocycles. The van der Waals surface area contributed by atoms with Gasteiger partial charge in [0.25, 0.3) is 0 Å². The van der Waals surface area contributed by atoms with Crippen LogP contribution < -0.4 is 14.8 Å². The Morgan fingerprint density at radius 3 is 2.48 bits per heavy atom. The van der Waals surface area contributed by atoms with E-state index in [9.17, 15) is 4.79 Å². The SMILES string of the molecule is COc1cc(OC)cc(C(=O)c2c[nH]c3ncc(Nc4cccc(Cl)c4)cc23)c1. The first-order valence-electron chi connectivity index (χ1n) is 8.85. The van der Waals surface area contributed by atoms with Crippen LogP contribution in [-0.4, -0.2) is 30.0 Å². The van der Waals surface area contributed by atoms with Crippen molar-refractivity contribution in [3.63, 3.8) is 0 Å². The Morgan fingerprint density at radius 1 is 1.03 bits per heavy atom. The number of carbonyl (C=O) groups excluding carboxylic acids is 1. The molecule has 2 aromatic heterocycles. The van der Waals surface area contributed by atoms with Crippen LogP contribution in [0.15, 0.2) is 60.9 Å². The number of carbonyl (C=O) groups is 1. The summed E-state index contributed by atoms with van der Waals surface area (Å²) in [6, 6.07) is 14.4. The Bertz CT molecular complexity index is 1180. The zero-order chi connectivity index (χ0) is 20.4. The third kappa shape index (κ3) is 3.88. The first kappa shape index (κ1) is 18.8. The maximum absolute atomic E-state index is 13.2. The topological polar surface area (TPSA) is 76.2 Å². The average molecular weight is 408 g/mol. The number of rotatable bonds is 6. The molecule has 7 heteroatoms. The molecule has 0 radical (unpaired) electrons. The minimum Gasteiger partial charge on any atom is -0.497 e. The maximum Gasteiger partial charge on any atom is 0.195 e. The molecule has 2 heterocycles. The Labute approximate surface area is 172 Å². The van der Waals surface area contributed by atoms with Crippen molar-refractivity contribution in [2.24, 2.45) is 0 Å². The number of nitrogens with zero attached hydrogens (tertiary/aromatic N) is 1. The molecule has 146 valence electrons. The minimum absolute atomic E-state index is 0.157. The summed E-state index contributed by atoms with van der Waals surface area (Å²) in [4.78, 5) is 20.6. The summed E-state index contributed by atoms with van der Waals surface area (Å²) in [6.45, 7) is 0. The molecule has 0 fully saturated rings.